The van der Waals surface area contributed by atoms with E-state index >= 15 is 4.39 Å². The van der Waals surface area contributed by atoms with Gasteiger partial charge in [-0.1, -0.05) is 0 Å². The smallest absolute Gasteiger partial charge is 0.229 e. The van der Waals surface area contributed by atoms with Crippen molar-refractivity contribution in [2.45, 2.75) is 46.2 Å². The van der Waals surface area contributed by atoms with Gasteiger partial charge in [0.25, 0.3) is 0 Å². The number of amides is 1. The molecule has 0 bridgehead atoms. The first-order valence-electron chi connectivity index (χ1n) is 12.3. The van der Waals surface area contributed by atoms with Crippen LogP contribution in [0.5, 0.6) is 0 Å². The molecule has 1 unspecified atom stereocenters. The summed E-state index contributed by atoms with van der Waals surface area (Å²) in [6.07, 6.45) is 3.54. The molecule has 192 valence electrons. The molecule has 1 saturated heterocycles. The molecule has 10 heteroatoms. The van der Waals surface area contributed by atoms with Crippen molar-refractivity contribution in [3.8, 4) is 11.3 Å². The van der Waals surface area contributed by atoms with Gasteiger partial charge in [-0.25, -0.2) is 23.7 Å². The number of nitrogens with zero attached hydrogens (tertiary/aromatic N) is 5. The van der Waals surface area contributed by atoms with E-state index in [-0.39, 0.29) is 29.6 Å². The number of aryl methyl sites for hydroxylation is 1. The maximum atomic E-state index is 15.0. The summed E-state index contributed by atoms with van der Waals surface area (Å²) in [6.45, 7) is 9.10. The fraction of sp³-hybridized carbons (Fsp3) is 0.333. The van der Waals surface area contributed by atoms with E-state index in [1.54, 1.807) is 35.4 Å². The van der Waals surface area contributed by atoms with E-state index in [2.05, 4.69) is 25.6 Å². The van der Waals surface area contributed by atoms with E-state index in [0.717, 1.165) is 31.4 Å². The number of pyridine rings is 1. The second-order valence-corrected chi connectivity index (χ2v) is 9.59. The van der Waals surface area contributed by atoms with Crippen LogP contribution in [-0.2, 0) is 4.79 Å². The summed E-state index contributed by atoms with van der Waals surface area (Å²) in [4.78, 5) is 26.8. The Bertz CT molecular complexity index is 1460. The van der Waals surface area contributed by atoms with E-state index in [1.807, 2.05) is 25.3 Å². The highest BCUT2D eigenvalue weighted by Crippen LogP contribution is 2.32. The third kappa shape index (κ3) is 4.76. The van der Waals surface area contributed by atoms with Gasteiger partial charge in [0.1, 0.15) is 17.3 Å². The number of carbonyl (C=O) groups excluding carboxylic acids is 1. The van der Waals surface area contributed by atoms with Crippen LogP contribution in [0, 0.1) is 18.6 Å². The van der Waals surface area contributed by atoms with E-state index < -0.39 is 11.6 Å². The van der Waals surface area contributed by atoms with Crippen molar-refractivity contribution in [3.63, 3.8) is 0 Å². The number of carbonyl (C=O) groups is 1. The Balaban J connectivity index is 1.44. The minimum absolute atomic E-state index is 0.0134. The van der Waals surface area contributed by atoms with E-state index in [4.69, 9.17) is 0 Å². The van der Waals surface area contributed by atoms with Gasteiger partial charge in [-0.2, -0.15) is 0 Å². The molecular weight excluding hydrogens is 476 g/mol. The summed E-state index contributed by atoms with van der Waals surface area (Å²) in [5, 5.41) is 6.73. The summed E-state index contributed by atoms with van der Waals surface area (Å²) < 4.78 is 31.8. The molecule has 1 aromatic carbocycles. The molecule has 1 amide bonds. The predicted octanol–water partition coefficient (Wildman–Crippen LogP) is 5.12. The van der Waals surface area contributed by atoms with Crippen molar-refractivity contribution < 1.29 is 13.6 Å². The topological polar surface area (TPSA) is 88.0 Å². The lowest BCUT2D eigenvalue weighted by Crippen LogP contribution is -2.40. The van der Waals surface area contributed by atoms with Crippen LogP contribution < -0.4 is 15.5 Å². The van der Waals surface area contributed by atoms with Gasteiger partial charge in [-0.15, -0.1) is 0 Å². The lowest BCUT2D eigenvalue weighted by molar-refractivity contribution is -0.117. The zero-order chi connectivity index (χ0) is 26.3. The third-order valence-corrected chi connectivity index (χ3v) is 6.64. The first-order valence-corrected chi connectivity index (χ1v) is 12.3. The maximum absolute atomic E-state index is 15.0. The molecule has 0 saturated carbocycles. The van der Waals surface area contributed by atoms with Crippen LogP contribution >= 0.6 is 0 Å². The first kappa shape index (κ1) is 24.8. The molecular formula is C27H29F2N7O. The molecule has 37 heavy (non-hydrogen) atoms. The monoisotopic (exact) mass is 505 g/mol. The van der Waals surface area contributed by atoms with Crippen LogP contribution in [-0.4, -0.2) is 44.6 Å². The highest BCUT2D eigenvalue weighted by molar-refractivity contribution is 5.92. The standard InChI is InChI=1S/C27H29F2N7O/c1-15(2)35-16(3)9-21-22(28)10-18(11-24(21)35)26-23(29)14-32-27(34-26)33-25-6-5-19(13-31-25)36(17(4)37)20-7-8-30-12-20/h5-6,9-11,13-15,20,30H,7-8,12H2,1-4H3,(H,31,32,33,34). The summed E-state index contributed by atoms with van der Waals surface area (Å²) in [7, 11) is 0. The highest BCUT2D eigenvalue weighted by atomic mass is 19.1. The Morgan fingerprint density at radius 1 is 1.16 bits per heavy atom. The molecule has 1 aliphatic rings. The quantitative estimate of drug-likeness (QED) is 0.378. The zero-order valence-corrected chi connectivity index (χ0v) is 21.2. The molecule has 8 nitrogen and oxygen atoms in total. The van der Waals surface area contributed by atoms with E-state index in [0.29, 0.717) is 28.0 Å². The van der Waals surface area contributed by atoms with E-state index in [9.17, 15) is 9.18 Å². The second kappa shape index (κ2) is 9.85. The van der Waals surface area contributed by atoms with Gasteiger partial charge < -0.3 is 20.1 Å². The van der Waals surface area contributed by atoms with Gasteiger partial charge in [0.05, 0.1) is 29.6 Å². The van der Waals surface area contributed by atoms with Crippen molar-refractivity contribution in [2.24, 2.45) is 0 Å². The first-order chi connectivity index (χ1) is 17.7. The molecule has 0 spiro atoms. The largest absolute Gasteiger partial charge is 0.342 e. The summed E-state index contributed by atoms with van der Waals surface area (Å²) in [6, 6.07) is 8.54. The van der Waals surface area contributed by atoms with Crippen molar-refractivity contribution in [1.29, 1.82) is 0 Å². The molecule has 5 rings (SSSR count). The number of hydrogen-bond donors (Lipinski definition) is 2. The van der Waals surface area contributed by atoms with Gasteiger partial charge in [0.2, 0.25) is 11.9 Å². The molecule has 1 atom stereocenters. The summed E-state index contributed by atoms with van der Waals surface area (Å²) in [5.74, 6) is -0.594. The number of anilines is 3. The van der Waals surface area contributed by atoms with Crippen LogP contribution in [0.4, 0.5) is 26.2 Å². The normalized spacial score (nSPS) is 15.5. The Hall–Kier alpha value is -3.92. The van der Waals surface area contributed by atoms with Gasteiger partial charge in [0.15, 0.2) is 5.82 Å². The van der Waals surface area contributed by atoms with Crippen molar-refractivity contribution >= 4 is 34.3 Å². The summed E-state index contributed by atoms with van der Waals surface area (Å²) in [5.41, 5.74) is 2.60. The molecule has 4 heterocycles. The predicted molar refractivity (Wildman–Crippen MR) is 140 cm³/mol. The molecule has 4 aromatic rings. The fourth-order valence-electron chi connectivity index (χ4n) is 5.09. The molecule has 0 radical (unpaired) electrons. The van der Waals surface area contributed by atoms with Crippen LogP contribution in [0.3, 0.4) is 0 Å². The molecule has 0 aliphatic carbocycles. The molecule has 1 aliphatic heterocycles. The van der Waals surface area contributed by atoms with Gasteiger partial charge in [0, 0.05) is 36.2 Å². The van der Waals surface area contributed by atoms with Crippen LogP contribution in [0.1, 0.15) is 38.9 Å². The lowest BCUT2D eigenvalue weighted by Gasteiger charge is -2.27. The minimum atomic E-state index is -0.658. The maximum Gasteiger partial charge on any atom is 0.229 e. The van der Waals surface area contributed by atoms with Crippen LogP contribution in [0.15, 0.2) is 42.7 Å². The molecule has 3 aromatic heterocycles. The van der Waals surface area contributed by atoms with Crippen LogP contribution in [0.2, 0.25) is 0 Å². The fourth-order valence-corrected chi connectivity index (χ4v) is 5.09. The van der Waals surface area contributed by atoms with E-state index in [1.165, 1.54) is 13.0 Å². The number of hydrogen-bond acceptors (Lipinski definition) is 6. The number of fused-ring (bicyclic) bond motifs is 1. The SMILES string of the molecule is CC(=O)N(c1ccc(Nc2ncc(F)c(-c3cc(F)c4cc(C)n(C(C)C)c4c3)n2)nc1)C1CCNC1. The number of halogens is 2. The average Bonchev–Trinajstić information content (AvgIpc) is 3.49. The molecule has 1 fully saturated rings. The summed E-state index contributed by atoms with van der Waals surface area (Å²) >= 11 is 0. The highest BCUT2D eigenvalue weighted by Gasteiger charge is 2.26. The Morgan fingerprint density at radius 3 is 2.62 bits per heavy atom. The Kier molecular flexibility index (Phi) is 6.59. The van der Waals surface area contributed by atoms with Gasteiger partial charge in [-0.05, 0) is 64.1 Å². The second-order valence-electron chi connectivity index (χ2n) is 9.59. The number of benzene rings is 1. The zero-order valence-electron chi connectivity index (χ0n) is 21.2. The van der Waals surface area contributed by atoms with Crippen molar-refractivity contribution in [1.82, 2.24) is 24.8 Å². The number of nitrogens with one attached hydrogen (secondary N) is 2. The van der Waals surface area contributed by atoms with Gasteiger partial charge in [-0.3, -0.25) is 4.79 Å². The van der Waals surface area contributed by atoms with Crippen molar-refractivity contribution in [2.75, 3.05) is 23.3 Å². The number of aromatic nitrogens is 4. The Morgan fingerprint density at radius 2 is 1.97 bits per heavy atom. The average molecular weight is 506 g/mol. The van der Waals surface area contributed by atoms with Crippen LogP contribution in [0.25, 0.3) is 22.2 Å². The molecule has 2 N–H and O–H groups in total. The van der Waals surface area contributed by atoms with Gasteiger partial charge >= 0.3 is 0 Å². The minimum Gasteiger partial charge on any atom is -0.342 e. The van der Waals surface area contributed by atoms with Crippen molar-refractivity contribution in [3.05, 3.63) is 60.1 Å². The Labute approximate surface area is 213 Å². The third-order valence-electron chi connectivity index (χ3n) is 6.64. The number of rotatable bonds is 6. The lowest BCUT2D eigenvalue weighted by atomic mass is 10.1.